The number of ether oxygens (including phenoxy) is 4. The smallest absolute Gasteiger partial charge is 0.268 e. The highest BCUT2D eigenvalue weighted by Crippen LogP contribution is 2.36. The van der Waals surface area contributed by atoms with Crippen LogP contribution < -0.4 is 24.3 Å². The van der Waals surface area contributed by atoms with E-state index >= 15 is 0 Å². The van der Waals surface area contributed by atoms with Gasteiger partial charge in [0.2, 0.25) is 12.0 Å². The van der Waals surface area contributed by atoms with Crippen LogP contribution in [-0.4, -0.2) is 54.7 Å². The van der Waals surface area contributed by atoms with Crippen molar-refractivity contribution in [2.24, 2.45) is 0 Å². The Morgan fingerprint density at radius 2 is 1.77 bits per heavy atom. The number of para-hydroxylation sites is 2. The SMILES string of the molecule is COc1ccc([C@H](C(=O)NC2CCCCC2)N(Cc2cccnc2)C(=O)[C@@H]2COc3ccccc3O2)cc1OC. The highest BCUT2D eigenvalue weighted by molar-refractivity contribution is 5.91. The van der Waals surface area contributed by atoms with Gasteiger partial charge in [0.25, 0.3) is 5.91 Å². The molecule has 1 N–H and O–H groups in total. The Bertz CT molecular complexity index is 1310. The van der Waals surface area contributed by atoms with E-state index in [9.17, 15) is 9.59 Å². The van der Waals surface area contributed by atoms with Gasteiger partial charge in [-0.2, -0.15) is 0 Å². The highest BCUT2D eigenvalue weighted by Gasteiger charge is 2.39. The number of nitrogens with one attached hydrogen (secondary N) is 1. The van der Waals surface area contributed by atoms with Gasteiger partial charge < -0.3 is 29.2 Å². The van der Waals surface area contributed by atoms with Crippen LogP contribution in [0.5, 0.6) is 23.0 Å². The molecular weight excluding hydrogens is 510 g/mol. The number of hydrogen-bond acceptors (Lipinski definition) is 7. The van der Waals surface area contributed by atoms with Crippen molar-refractivity contribution < 1.29 is 28.5 Å². The number of pyridine rings is 1. The first-order chi connectivity index (χ1) is 19.6. The monoisotopic (exact) mass is 545 g/mol. The van der Waals surface area contributed by atoms with Crippen LogP contribution in [0.1, 0.15) is 49.3 Å². The molecule has 1 aliphatic carbocycles. The third-order valence-corrected chi connectivity index (χ3v) is 7.38. The maximum absolute atomic E-state index is 14.3. The number of aromatic nitrogens is 1. The van der Waals surface area contributed by atoms with Crippen molar-refractivity contribution in [3.05, 3.63) is 78.1 Å². The topological polar surface area (TPSA) is 99.2 Å². The van der Waals surface area contributed by atoms with Gasteiger partial charge in [-0.3, -0.25) is 14.6 Å². The first kappa shape index (κ1) is 27.3. The Morgan fingerprint density at radius 1 is 1.00 bits per heavy atom. The highest BCUT2D eigenvalue weighted by atomic mass is 16.6. The average Bonchev–Trinajstić information content (AvgIpc) is 3.01. The molecule has 2 heterocycles. The number of carbonyl (C=O) groups excluding carboxylic acids is 2. The van der Waals surface area contributed by atoms with E-state index in [1.54, 1.807) is 61.8 Å². The van der Waals surface area contributed by atoms with Crippen molar-refractivity contribution in [2.45, 2.75) is 56.8 Å². The molecule has 1 aliphatic heterocycles. The summed E-state index contributed by atoms with van der Waals surface area (Å²) in [4.78, 5) is 34.2. The number of benzene rings is 2. The Balaban J connectivity index is 1.54. The molecule has 1 aromatic heterocycles. The first-order valence-electron chi connectivity index (χ1n) is 13.7. The second kappa shape index (κ2) is 12.7. The summed E-state index contributed by atoms with van der Waals surface area (Å²) >= 11 is 0. The van der Waals surface area contributed by atoms with Gasteiger partial charge in [0.1, 0.15) is 12.6 Å². The fourth-order valence-electron chi connectivity index (χ4n) is 5.33. The molecule has 5 rings (SSSR count). The van der Waals surface area contributed by atoms with Crippen molar-refractivity contribution in [1.29, 1.82) is 0 Å². The van der Waals surface area contributed by atoms with Crippen molar-refractivity contribution in [3.8, 4) is 23.0 Å². The normalized spacial score (nSPS) is 17.4. The molecule has 2 amide bonds. The van der Waals surface area contributed by atoms with Crippen LogP contribution in [-0.2, 0) is 16.1 Å². The van der Waals surface area contributed by atoms with E-state index in [4.69, 9.17) is 18.9 Å². The van der Waals surface area contributed by atoms with Crippen LogP contribution in [0.4, 0.5) is 0 Å². The molecule has 2 aliphatic rings. The summed E-state index contributed by atoms with van der Waals surface area (Å²) in [7, 11) is 3.10. The summed E-state index contributed by atoms with van der Waals surface area (Å²) in [5.41, 5.74) is 1.38. The molecule has 0 unspecified atom stereocenters. The Labute approximate surface area is 234 Å². The van der Waals surface area contributed by atoms with Gasteiger partial charge in [0, 0.05) is 25.0 Å². The fourth-order valence-corrected chi connectivity index (χ4v) is 5.33. The number of hydrogen-bond donors (Lipinski definition) is 1. The fraction of sp³-hybridized carbons (Fsp3) is 0.387. The molecule has 9 nitrogen and oxygen atoms in total. The van der Waals surface area contributed by atoms with Gasteiger partial charge in [-0.15, -0.1) is 0 Å². The lowest BCUT2D eigenvalue weighted by Gasteiger charge is -2.36. The molecule has 0 radical (unpaired) electrons. The summed E-state index contributed by atoms with van der Waals surface area (Å²) in [5.74, 6) is 1.45. The largest absolute Gasteiger partial charge is 0.493 e. The third-order valence-electron chi connectivity index (χ3n) is 7.38. The quantitative estimate of drug-likeness (QED) is 0.424. The van der Waals surface area contributed by atoms with Gasteiger partial charge in [0.15, 0.2) is 23.0 Å². The van der Waals surface area contributed by atoms with Gasteiger partial charge in [-0.1, -0.05) is 43.5 Å². The molecule has 210 valence electrons. The molecule has 3 aromatic rings. The minimum atomic E-state index is -0.963. The van der Waals surface area contributed by atoms with Crippen LogP contribution in [0.25, 0.3) is 0 Å². The van der Waals surface area contributed by atoms with Crippen LogP contribution in [0, 0.1) is 0 Å². The number of amides is 2. The van der Waals surface area contributed by atoms with E-state index in [1.807, 2.05) is 24.3 Å². The van der Waals surface area contributed by atoms with E-state index in [0.717, 1.165) is 37.7 Å². The predicted octanol–water partition coefficient (Wildman–Crippen LogP) is 4.46. The van der Waals surface area contributed by atoms with Gasteiger partial charge >= 0.3 is 0 Å². The lowest BCUT2D eigenvalue weighted by atomic mass is 9.94. The van der Waals surface area contributed by atoms with Crippen molar-refractivity contribution in [3.63, 3.8) is 0 Å². The van der Waals surface area contributed by atoms with Crippen molar-refractivity contribution in [1.82, 2.24) is 15.2 Å². The zero-order valence-electron chi connectivity index (χ0n) is 22.9. The Kier molecular flexibility index (Phi) is 8.68. The third kappa shape index (κ3) is 6.14. The molecular formula is C31H35N3O6. The lowest BCUT2D eigenvalue weighted by molar-refractivity contribution is -0.149. The van der Waals surface area contributed by atoms with Crippen LogP contribution in [0.3, 0.4) is 0 Å². The van der Waals surface area contributed by atoms with Crippen LogP contribution >= 0.6 is 0 Å². The zero-order chi connectivity index (χ0) is 27.9. The van der Waals surface area contributed by atoms with Crippen molar-refractivity contribution >= 4 is 11.8 Å². The van der Waals surface area contributed by atoms with E-state index in [1.165, 1.54) is 0 Å². The van der Waals surface area contributed by atoms with E-state index in [-0.39, 0.29) is 31.0 Å². The molecule has 2 atom stereocenters. The Hall–Kier alpha value is -4.27. The van der Waals surface area contributed by atoms with Gasteiger partial charge in [-0.05, 0) is 54.3 Å². The van der Waals surface area contributed by atoms with Gasteiger partial charge in [0.05, 0.1) is 14.2 Å². The van der Waals surface area contributed by atoms with Crippen LogP contribution in [0.2, 0.25) is 0 Å². The van der Waals surface area contributed by atoms with Crippen LogP contribution in [0.15, 0.2) is 67.0 Å². The second-order valence-electron chi connectivity index (χ2n) is 10.1. The standard InChI is InChI=1S/C31H35N3O6/c1-37-24-15-14-22(17-27(24)38-2)29(30(35)33-23-10-4-3-5-11-23)34(19-21-9-8-16-32-18-21)31(36)28-20-39-25-12-6-7-13-26(25)40-28/h6-9,12-18,23,28-29H,3-5,10-11,19-20H2,1-2H3,(H,33,35)/t28-,29+/m0/s1. The molecule has 40 heavy (non-hydrogen) atoms. The number of methoxy groups -OCH3 is 2. The lowest BCUT2D eigenvalue weighted by Crippen LogP contribution is -2.52. The summed E-state index contributed by atoms with van der Waals surface area (Å²) in [6.45, 7) is 0.174. The number of rotatable bonds is 9. The number of carbonyl (C=O) groups is 2. The van der Waals surface area contributed by atoms with E-state index in [2.05, 4.69) is 10.3 Å². The molecule has 0 bridgehead atoms. The number of fused-ring (bicyclic) bond motifs is 1. The summed E-state index contributed by atoms with van der Waals surface area (Å²) in [6.07, 6.45) is 7.56. The number of nitrogens with zero attached hydrogens (tertiary/aromatic N) is 2. The maximum atomic E-state index is 14.3. The van der Waals surface area contributed by atoms with E-state index in [0.29, 0.717) is 28.6 Å². The molecule has 1 fully saturated rings. The maximum Gasteiger partial charge on any atom is 0.268 e. The van der Waals surface area contributed by atoms with Gasteiger partial charge in [-0.25, -0.2) is 0 Å². The molecule has 0 spiro atoms. The first-order valence-corrected chi connectivity index (χ1v) is 13.7. The average molecular weight is 546 g/mol. The summed E-state index contributed by atoms with van der Waals surface area (Å²) in [5, 5.41) is 3.23. The summed E-state index contributed by atoms with van der Waals surface area (Å²) < 4.78 is 23.0. The molecule has 2 aromatic carbocycles. The Morgan fingerprint density at radius 3 is 2.50 bits per heavy atom. The van der Waals surface area contributed by atoms with Crippen molar-refractivity contribution in [2.75, 3.05) is 20.8 Å². The molecule has 9 heteroatoms. The zero-order valence-corrected chi connectivity index (χ0v) is 22.9. The predicted molar refractivity (Wildman–Crippen MR) is 148 cm³/mol. The molecule has 1 saturated carbocycles. The minimum Gasteiger partial charge on any atom is -0.493 e. The van der Waals surface area contributed by atoms with E-state index < -0.39 is 12.1 Å². The summed E-state index contributed by atoms with van der Waals surface area (Å²) in [6, 6.07) is 15.3. The molecule has 0 saturated heterocycles. The minimum absolute atomic E-state index is 0.0300. The second-order valence-corrected chi connectivity index (χ2v) is 10.1.